The van der Waals surface area contributed by atoms with Crippen LogP contribution in [0.1, 0.15) is 36.2 Å². The predicted octanol–water partition coefficient (Wildman–Crippen LogP) is 2.07. The van der Waals surface area contributed by atoms with Crippen LogP contribution in [0.2, 0.25) is 0 Å². The molecule has 0 unspecified atom stereocenters. The van der Waals surface area contributed by atoms with Gasteiger partial charge in [-0.2, -0.15) is 5.10 Å². The average molecular weight is 386 g/mol. The molecule has 1 amide bonds. The van der Waals surface area contributed by atoms with Gasteiger partial charge in [0, 0.05) is 24.8 Å². The zero-order valence-corrected chi connectivity index (χ0v) is 15.4. The minimum atomic E-state index is -0.813. The summed E-state index contributed by atoms with van der Waals surface area (Å²) in [7, 11) is 0. The van der Waals surface area contributed by atoms with E-state index < -0.39 is 11.8 Å². The first kappa shape index (κ1) is 18.6. The molecule has 1 aromatic carbocycles. The van der Waals surface area contributed by atoms with E-state index in [9.17, 15) is 14.0 Å². The fraction of sp³-hybridized carbons (Fsp3) is 0.450. The van der Waals surface area contributed by atoms with Crippen molar-refractivity contribution in [2.45, 2.75) is 37.8 Å². The molecule has 28 heavy (non-hydrogen) atoms. The van der Waals surface area contributed by atoms with E-state index in [1.54, 1.807) is 30.5 Å². The number of halogens is 1. The number of nitrogens with zero attached hydrogens (tertiary/aromatic N) is 3. The predicted molar refractivity (Wildman–Crippen MR) is 99.7 cm³/mol. The second-order valence-electron chi connectivity index (χ2n) is 7.66. The fourth-order valence-corrected chi connectivity index (χ4v) is 3.63. The van der Waals surface area contributed by atoms with Crippen molar-refractivity contribution < 1.29 is 19.1 Å². The summed E-state index contributed by atoms with van der Waals surface area (Å²) < 4.78 is 15.2. The molecule has 0 spiro atoms. The number of carboxylic acid groups (broad SMARTS) is 1. The van der Waals surface area contributed by atoms with Crippen LogP contribution in [0, 0.1) is 11.7 Å². The number of carbonyl (C=O) groups is 2. The van der Waals surface area contributed by atoms with Crippen molar-refractivity contribution in [1.29, 1.82) is 0 Å². The number of carboxylic acids is 1. The Balaban J connectivity index is 1.31. The number of para-hydroxylation sites is 1. The number of carbonyl (C=O) groups excluding carboxylic acids is 1. The lowest BCUT2D eigenvalue weighted by Gasteiger charge is -2.42. The summed E-state index contributed by atoms with van der Waals surface area (Å²) in [6.45, 7) is 0.875. The van der Waals surface area contributed by atoms with Gasteiger partial charge in [0.2, 0.25) is 0 Å². The largest absolute Gasteiger partial charge is 0.480 e. The van der Waals surface area contributed by atoms with Crippen LogP contribution in [0.25, 0.3) is 5.69 Å². The second-order valence-corrected chi connectivity index (χ2v) is 7.66. The van der Waals surface area contributed by atoms with E-state index in [1.165, 1.54) is 23.6 Å². The van der Waals surface area contributed by atoms with Gasteiger partial charge in [-0.15, -0.1) is 0 Å². The minimum Gasteiger partial charge on any atom is -0.480 e. The third-order valence-electron chi connectivity index (χ3n) is 5.41. The molecule has 0 atom stereocenters. The van der Waals surface area contributed by atoms with Gasteiger partial charge in [-0.25, -0.2) is 9.07 Å². The molecule has 2 fully saturated rings. The number of aliphatic carboxylic acids is 1. The van der Waals surface area contributed by atoms with Crippen LogP contribution in [0.4, 0.5) is 4.39 Å². The van der Waals surface area contributed by atoms with Crippen LogP contribution >= 0.6 is 0 Å². The molecule has 0 bridgehead atoms. The van der Waals surface area contributed by atoms with Crippen molar-refractivity contribution in [3.63, 3.8) is 0 Å². The number of amides is 1. The van der Waals surface area contributed by atoms with E-state index in [0.717, 1.165) is 19.4 Å². The third-order valence-corrected chi connectivity index (χ3v) is 5.41. The van der Waals surface area contributed by atoms with Gasteiger partial charge >= 0.3 is 5.97 Å². The Kier molecular flexibility index (Phi) is 5.13. The highest BCUT2D eigenvalue weighted by Gasteiger charge is 2.38. The zero-order chi connectivity index (χ0) is 19.7. The SMILES string of the molecule is O=C(O)CN(CC1CC1)C1CC(NC(=O)c2ccn(-c3ccccc3F)n2)C1. The Hall–Kier alpha value is -2.74. The summed E-state index contributed by atoms with van der Waals surface area (Å²) in [5.41, 5.74) is 0.515. The van der Waals surface area contributed by atoms with Crippen LogP contribution in [-0.2, 0) is 4.79 Å². The van der Waals surface area contributed by atoms with E-state index in [0.29, 0.717) is 5.92 Å². The summed E-state index contributed by atoms with van der Waals surface area (Å²) in [5.74, 6) is -0.902. The molecular formula is C20H23FN4O3. The lowest BCUT2D eigenvalue weighted by atomic mass is 9.85. The molecule has 0 saturated heterocycles. The van der Waals surface area contributed by atoms with Crippen molar-refractivity contribution >= 4 is 11.9 Å². The molecule has 0 aliphatic heterocycles. The van der Waals surface area contributed by atoms with Gasteiger partial charge in [0.15, 0.2) is 5.69 Å². The van der Waals surface area contributed by atoms with E-state index >= 15 is 0 Å². The number of hydrogen-bond acceptors (Lipinski definition) is 4. The van der Waals surface area contributed by atoms with Gasteiger partial charge in [-0.1, -0.05) is 12.1 Å². The van der Waals surface area contributed by atoms with Crippen LogP contribution in [0.15, 0.2) is 36.5 Å². The molecule has 1 aromatic heterocycles. The Morgan fingerprint density at radius 1 is 1.25 bits per heavy atom. The molecular weight excluding hydrogens is 363 g/mol. The number of rotatable bonds is 8. The highest BCUT2D eigenvalue weighted by molar-refractivity contribution is 5.92. The molecule has 0 radical (unpaired) electrons. The zero-order valence-electron chi connectivity index (χ0n) is 15.4. The van der Waals surface area contributed by atoms with Crippen molar-refractivity contribution in [2.24, 2.45) is 5.92 Å². The molecule has 1 heterocycles. The molecule has 2 aliphatic rings. The standard InChI is InChI=1S/C20H23FN4O3/c21-16-3-1-2-4-18(16)25-8-7-17(23-25)20(28)22-14-9-15(10-14)24(12-19(26)27)11-13-5-6-13/h1-4,7-8,13-15H,5-6,9-12H2,(H,22,28)(H,26,27). The monoisotopic (exact) mass is 386 g/mol. The van der Waals surface area contributed by atoms with Gasteiger partial charge in [-0.05, 0) is 49.8 Å². The van der Waals surface area contributed by atoms with Gasteiger partial charge in [0.05, 0.1) is 6.54 Å². The molecule has 2 N–H and O–H groups in total. The Morgan fingerprint density at radius 3 is 2.68 bits per heavy atom. The maximum atomic E-state index is 13.9. The van der Waals surface area contributed by atoms with Gasteiger partial charge in [0.25, 0.3) is 5.91 Å². The lowest BCUT2D eigenvalue weighted by molar-refractivity contribution is -0.139. The quantitative estimate of drug-likeness (QED) is 0.725. The van der Waals surface area contributed by atoms with Crippen LogP contribution in [0.5, 0.6) is 0 Å². The molecule has 2 saturated carbocycles. The second kappa shape index (κ2) is 7.71. The minimum absolute atomic E-state index is 0.00612. The smallest absolute Gasteiger partial charge is 0.317 e. The highest BCUT2D eigenvalue weighted by atomic mass is 19.1. The Bertz CT molecular complexity index is 874. The van der Waals surface area contributed by atoms with E-state index in [2.05, 4.69) is 10.4 Å². The first-order chi connectivity index (χ1) is 13.5. The van der Waals surface area contributed by atoms with E-state index in [-0.39, 0.29) is 35.9 Å². The lowest BCUT2D eigenvalue weighted by Crippen LogP contribution is -2.55. The molecule has 8 heteroatoms. The van der Waals surface area contributed by atoms with Gasteiger partial charge in [0.1, 0.15) is 11.5 Å². The van der Waals surface area contributed by atoms with Crippen molar-refractivity contribution in [2.75, 3.05) is 13.1 Å². The van der Waals surface area contributed by atoms with E-state index in [1.807, 2.05) is 4.90 Å². The summed E-state index contributed by atoms with van der Waals surface area (Å²) in [5, 5.41) is 16.2. The first-order valence-corrected chi connectivity index (χ1v) is 9.57. The van der Waals surface area contributed by atoms with Crippen molar-refractivity contribution in [1.82, 2.24) is 20.0 Å². The van der Waals surface area contributed by atoms with Crippen LogP contribution in [0.3, 0.4) is 0 Å². The molecule has 148 valence electrons. The average Bonchev–Trinajstić information content (AvgIpc) is 3.29. The number of nitrogens with one attached hydrogen (secondary N) is 1. The van der Waals surface area contributed by atoms with Crippen LogP contribution < -0.4 is 5.32 Å². The molecule has 2 aliphatic carbocycles. The topological polar surface area (TPSA) is 87.5 Å². The Morgan fingerprint density at radius 2 is 2.00 bits per heavy atom. The number of aromatic nitrogens is 2. The summed E-state index contributed by atoms with van der Waals surface area (Å²) in [6.07, 6.45) is 5.38. The highest BCUT2D eigenvalue weighted by Crippen LogP contribution is 2.33. The maximum absolute atomic E-state index is 13.9. The normalized spacial score (nSPS) is 21.4. The van der Waals surface area contributed by atoms with Crippen molar-refractivity contribution in [3.05, 3.63) is 48.0 Å². The van der Waals surface area contributed by atoms with Gasteiger partial charge in [-0.3, -0.25) is 14.5 Å². The molecule has 7 nitrogen and oxygen atoms in total. The van der Waals surface area contributed by atoms with Gasteiger partial charge < -0.3 is 10.4 Å². The summed E-state index contributed by atoms with van der Waals surface area (Å²) >= 11 is 0. The third kappa shape index (κ3) is 4.22. The first-order valence-electron chi connectivity index (χ1n) is 9.57. The number of benzene rings is 1. The summed E-state index contributed by atoms with van der Waals surface area (Å²) in [6, 6.07) is 8.00. The van der Waals surface area contributed by atoms with Crippen molar-refractivity contribution in [3.8, 4) is 5.69 Å². The summed E-state index contributed by atoms with van der Waals surface area (Å²) in [4.78, 5) is 25.5. The number of hydrogen-bond donors (Lipinski definition) is 2. The van der Waals surface area contributed by atoms with E-state index in [4.69, 9.17) is 5.11 Å². The maximum Gasteiger partial charge on any atom is 0.317 e. The Labute approximate surface area is 162 Å². The molecule has 4 rings (SSSR count). The fourth-order valence-electron chi connectivity index (χ4n) is 3.63. The van der Waals surface area contributed by atoms with Crippen LogP contribution in [-0.4, -0.2) is 56.8 Å². The molecule has 2 aromatic rings.